The Kier molecular flexibility index (Phi) is 8.10. The summed E-state index contributed by atoms with van der Waals surface area (Å²) in [5.74, 6) is 2.00. The van der Waals surface area contributed by atoms with Crippen LogP contribution in [-0.4, -0.2) is 33.5 Å². The Morgan fingerprint density at radius 1 is 1.03 bits per heavy atom. The molecule has 4 aromatic rings. The van der Waals surface area contributed by atoms with Gasteiger partial charge >= 0.3 is 0 Å². The minimum Gasteiger partial charge on any atom is -0.497 e. The number of methoxy groups -OCH3 is 1. The van der Waals surface area contributed by atoms with Crippen molar-refractivity contribution in [3.05, 3.63) is 83.4 Å². The molecule has 0 aliphatic rings. The number of aromatic nitrogens is 3. The number of nitrogens with one attached hydrogen (secondary N) is 1. The van der Waals surface area contributed by atoms with Crippen LogP contribution in [0.3, 0.4) is 0 Å². The fourth-order valence-corrected chi connectivity index (χ4v) is 4.45. The number of ether oxygens (including phenoxy) is 1. The van der Waals surface area contributed by atoms with E-state index in [-0.39, 0.29) is 11.7 Å². The lowest BCUT2D eigenvalue weighted by molar-refractivity contribution is -0.113. The standard InChI is InChI=1S/C27H27ClN4O2S/c1-4-18(2)19-7-11-22(12-8-19)29-25(33)17-35-27-31-30-26(20-5-9-21(28)10-6-20)32(27)23-13-15-24(34-3)16-14-23/h5-16,18H,4,17H2,1-3H3,(H,29,33). The number of anilines is 1. The molecule has 3 aromatic carbocycles. The monoisotopic (exact) mass is 506 g/mol. The molecule has 1 atom stereocenters. The molecule has 1 aromatic heterocycles. The number of benzene rings is 3. The second kappa shape index (κ2) is 11.4. The van der Waals surface area contributed by atoms with E-state index in [1.54, 1.807) is 7.11 Å². The maximum absolute atomic E-state index is 12.7. The third-order valence-electron chi connectivity index (χ3n) is 5.77. The average molecular weight is 507 g/mol. The molecular formula is C27H27ClN4O2S. The van der Waals surface area contributed by atoms with Gasteiger partial charge in [0.25, 0.3) is 0 Å². The first-order valence-electron chi connectivity index (χ1n) is 11.4. The summed E-state index contributed by atoms with van der Waals surface area (Å²) in [5.41, 5.74) is 3.78. The number of carbonyl (C=O) groups is 1. The number of hydrogen-bond donors (Lipinski definition) is 1. The molecule has 6 nitrogen and oxygen atoms in total. The first-order chi connectivity index (χ1) is 17.0. The number of amides is 1. The molecule has 180 valence electrons. The van der Waals surface area contributed by atoms with Crippen molar-refractivity contribution in [1.29, 1.82) is 0 Å². The van der Waals surface area contributed by atoms with Crippen molar-refractivity contribution >= 4 is 35.0 Å². The second-order valence-corrected chi connectivity index (χ2v) is 9.49. The highest BCUT2D eigenvalue weighted by molar-refractivity contribution is 7.99. The van der Waals surface area contributed by atoms with Gasteiger partial charge in [-0.25, -0.2) is 0 Å². The van der Waals surface area contributed by atoms with Crippen molar-refractivity contribution in [1.82, 2.24) is 14.8 Å². The maximum Gasteiger partial charge on any atom is 0.234 e. The summed E-state index contributed by atoms with van der Waals surface area (Å²) in [6, 6.07) is 23.1. The Morgan fingerprint density at radius 2 is 1.71 bits per heavy atom. The molecule has 0 saturated carbocycles. The van der Waals surface area contributed by atoms with Gasteiger partial charge in [-0.1, -0.05) is 49.3 Å². The molecule has 0 aliphatic carbocycles. The van der Waals surface area contributed by atoms with Gasteiger partial charge in [0.15, 0.2) is 11.0 Å². The van der Waals surface area contributed by atoms with E-state index in [4.69, 9.17) is 16.3 Å². The van der Waals surface area contributed by atoms with E-state index in [1.807, 2.05) is 65.2 Å². The third kappa shape index (κ3) is 6.05. The van der Waals surface area contributed by atoms with Crippen molar-refractivity contribution in [2.75, 3.05) is 18.2 Å². The predicted octanol–water partition coefficient (Wildman–Crippen LogP) is 6.84. The molecular weight excluding hydrogens is 480 g/mol. The summed E-state index contributed by atoms with van der Waals surface area (Å²) in [6.07, 6.45) is 1.08. The summed E-state index contributed by atoms with van der Waals surface area (Å²) >= 11 is 7.40. The number of nitrogens with zero attached hydrogens (tertiary/aromatic N) is 3. The minimum atomic E-state index is -0.108. The maximum atomic E-state index is 12.7. The van der Waals surface area contributed by atoms with Crippen LogP contribution in [0.2, 0.25) is 5.02 Å². The van der Waals surface area contributed by atoms with Crippen LogP contribution in [0.25, 0.3) is 17.1 Å². The molecule has 1 N–H and O–H groups in total. The van der Waals surface area contributed by atoms with Crippen molar-refractivity contribution < 1.29 is 9.53 Å². The van der Waals surface area contributed by atoms with E-state index in [2.05, 4.69) is 41.5 Å². The molecule has 8 heteroatoms. The highest BCUT2D eigenvalue weighted by Crippen LogP contribution is 2.30. The highest BCUT2D eigenvalue weighted by Gasteiger charge is 2.18. The van der Waals surface area contributed by atoms with E-state index < -0.39 is 0 Å². The number of hydrogen-bond acceptors (Lipinski definition) is 5. The Labute approximate surface area is 214 Å². The lowest BCUT2D eigenvalue weighted by Gasteiger charge is -2.12. The summed E-state index contributed by atoms with van der Waals surface area (Å²) < 4.78 is 7.23. The van der Waals surface area contributed by atoms with E-state index in [0.29, 0.717) is 21.9 Å². The number of thioether (sulfide) groups is 1. The van der Waals surface area contributed by atoms with Crippen molar-refractivity contribution in [2.45, 2.75) is 31.3 Å². The van der Waals surface area contributed by atoms with Crippen LogP contribution in [0.5, 0.6) is 5.75 Å². The number of halogens is 1. The first-order valence-corrected chi connectivity index (χ1v) is 12.7. The zero-order chi connectivity index (χ0) is 24.8. The molecule has 0 spiro atoms. The van der Waals surface area contributed by atoms with E-state index in [0.717, 1.165) is 29.1 Å². The molecule has 0 radical (unpaired) electrons. The van der Waals surface area contributed by atoms with Crippen LogP contribution in [0.1, 0.15) is 31.7 Å². The van der Waals surface area contributed by atoms with Gasteiger partial charge < -0.3 is 10.1 Å². The topological polar surface area (TPSA) is 69.0 Å². The fourth-order valence-electron chi connectivity index (χ4n) is 3.57. The number of carbonyl (C=O) groups excluding carboxylic acids is 1. The SMILES string of the molecule is CCC(C)c1ccc(NC(=O)CSc2nnc(-c3ccc(Cl)cc3)n2-c2ccc(OC)cc2)cc1. The largest absolute Gasteiger partial charge is 0.497 e. The van der Waals surface area contributed by atoms with Crippen molar-refractivity contribution in [3.63, 3.8) is 0 Å². The Balaban J connectivity index is 1.53. The third-order valence-corrected chi connectivity index (χ3v) is 6.96. The zero-order valence-electron chi connectivity index (χ0n) is 19.9. The van der Waals surface area contributed by atoms with E-state index >= 15 is 0 Å². The summed E-state index contributed by atoms with van der Waals surface area (Å²) in [7, 11) is 1.63. The molecule has 1 heterocycles. The van der Waals surface area contributed by atoms with Crippen LogP contribution < -0.4 is 10.1 Å². The lowest BCUT2D eigenvalue weighted by Crippen LogP contribution is -2.14. The Bertz CT molecular complexity index is 1270. The molecule has 0 fully saturated rings. The molecule has 1 amide bonds. The van der Waals surface area contributed by atoms with Crippen LogP contribution in [-0.2, 0) is 4.79 Å². The van der Waals surface area contributed by atoms with E-state index in [1.165, 1.54) is 17.3 Å². The summed E-state index contributed by atoms with van der Waals surface area (Å²) in [4.78, 5) is 12.7. The van der Waals surface area contributed by atoms with Crippen LogP contribution in [0, 0.1) is 0 Å². The van der Waals surface area contributed by atoms with Gasteiger partial charge in [-0.05, 0) is 78.6 Å². The quantitative estimate of drug-likeness (QED) is 0.252. The minimum absolute atomic E-state index is 0.108. The smallest absolute Gasteiger partial charge is 0.234 e. The second-order valence-electron chi connectivity index (χ2n) is 8.11. The average Bonchev–Trinajstić information content (AvgIpc) is 3.32. The normalized spacial score (nSPS) is 11.8. The van der Waals surface area contributed by atoms with Crippen LogP contribution in [0.15, 0.2) is 78.0 Å². The molecule has 1 unspecified atom stereocenters. The van der Waals surface area contributed by atoms with Gasteiger partial charge in [0, 0.05) is 22.0 Å². The van der Waals surface area contributed by atoms with Crippen LogP contribution in [0.4, 0.5) is 5.69 Å². The molecule has 0 saturated heterocycles. The molecule has 35 heavy (non-hydrogen) atoms. The van der Waals surface area contributed by atoms with E-state index in [9.17, 15) is 4.79 Å². The highest BCUT2D eigenvalue weighted by atomic mass is 35.5. The van der Waals surface area contributed by atoms with Crippen molar-refractivity contribution in [2.24, 2.45) is 0 Å². The van der Waals surface area contributed by atoms with Gasteiger partial charge in [-0.3, -0.25) is 9.36 Å². The van der Waals surface area contributed by atoms with Gasteiger partial charge in [-0.15, -0.1) is 10.2 Å². The summed E-state index contributed by atoms with van der Waals surface area (Å²) in [5, 5.41) is 13.0. The van der Waals surface area contributed by atoms with Gasteiger partial charge in [0.1, 0.15) is 5.75 Å². The van der Waals surface area contributed by atoms with Gasteiger partial charge in [-0.2, -0.15) is 0 Å². The van der Waals surface area contributed by atoms with Crippen LogP contribution >= 0.6 is 23.4 Å². The predicted molar refractivity (Wildman–Crippen MR) is 143 cm³/mol. The van der Waals surface area contributed by atoms with Gasteiger partial charge in [0.05, 0.1) is 12.9 Å². The number of rotatable bonds is 9. The lowest BCUT2D eigenvalue weighted by atomic mass is 9.99. The Hall–Kier alpha value is -3.29. The van der Waals surface area contributed by atoms with Gasteiger partial charge in [0.2, 0.25) is 5.91 Å². The molecule has 4 rings (SSSR count). The molecule has 0 bridgehead atoms. The Morgan fingerprint density at radius 3 is 2.34 bits per heavy atom. The first kappa shape index (κ1) is 24.8. The summed E-state index contributed by atoms with van der Waals surface area (Å²) in [6.45, 7) is 4.36. The van der Waals surface area contributed by atoms with Crippen molar-refractivity contribution in [3.8, 4) is 22.8 Å². The zero-order valence-corrected chi connectivity index (χ0v) is 21.4. The molecule has 0 aliphatic heterocycles. The fraction of sp³-hybridized carbons (Fsp3) is 0.222.